The van der Waals surface area contributed by atoms with Crippen LogP contribution >= 0.6 is 0 Å². The van der Waals surface area contributed by atoms with Crippen LogP contribution in [0.15, 0.2) is 84.5 Å². The number of hydrogen-bond donors (Lipinski definition) is 4. The molecule has 0 saturated heterocycles. The van der Waals surface area contributed by atoms with E-state index in [1.54, 1.807) is 0 Å². The van der Waals surface area contributed by atoms with E-state index in [1.165, 1.54) is 11.1 Å². The summed E-state index contributed by atoms with van der Waals surface area (Å²) >= 11 is 0. The first-order valence-corrected chi connectivity index (χ1v) is 15.0. The van der Waals surface area contributed by atoms with Gasteiger partial charge in [-0.15, -0.1) is 0 Å². The lowest BCUT2D eigenvalue weighted by molar-refractivity contribution is -0.112. The number of nitrogens with one attached hydrogen (secondary N) is 4. The average molecular weight is 585 g/mol. The molecule has 0 spiro atoms. The van der Waals surface area contributed by atoms with Gasteiger partial charge in [-0.25, -0.2) is 9.97 Å². The van der Waals surface area contributed by atoms with Crippen molar-refractivity contribution < 1.29 is 4.79 Å². The van der Waals surface area contributed by atoms with Gasteiger partial charge in [0.05, 0.1) is 33.4 Å². The Kier molecular flexibility index (Phi) is 7.07. The van der Waals surface area contributed by atoms with Gasteiger partial charge < -0.3 is 20.6 Å². The van der Waals surface area contributed by atoms with Crippen LogP contribution in [0, 0.1) is 13.8 Å². The molecule has 1 amide bonds. The number of benzene rings is 3. The van der Waals surface area contributed by atoms with Crippen LogP contribution in [0.2, 0.25) is 0 Å². The first-order valence-electron chi connectivity index (χ1n) is 15.0. The van der Waals surface area contributed by atoms with E-state index in [0.717, 1.165) is 61.8 Å². The molecule has 44 heavy (non-hydrogen) atoms. The zero-order valence-electron chi connectivity index (χ0n) is 26.6. The molecule has 2 heterocycles. The summed E-state index contributed by atoms with van der Waals surface area (Å²) in [6.07, 6.45) is 4.25. The second-order valence-corrected chi connectivity index (χ2v) is 12.9. The highest BCUT2D eigenvalue weighted by atomic mass is 16.1. The van der Waals surface area contributed by atoms with Gasteiger partial charge in [0.25, 0.3) is 5.91 Å². The van der Waals surface area contributed by atoms with E-state index < -0.39 is 0 Å². The van der Waals surface area contributed by atoms with Gasteiger partial charge in [0, 0.05) is 24.6 Å². The standard InChI is InChI=1S/C37H40N6O/c1-21-9-14-30-31(17-21)42-34(41-30)27-13-10-24(18-22(27)2)35(44)43-32-19-25(11-15-28(32)38-8)36(4,5)37(6,7)26-12-16-29-33(20-26)40-23(3)39-29/h9-17,19-20,38H,2,18H2,1,3-8H3,(H,39,40)(H,41,42)(H,43,44). The third kappa shape index (κ3) is 5.02. The molecule has 7 nitrogen and oxygen atoms in total. The van der Waals surface area contributed by atoms with Crippen LogP contribution in [0.4, 0.5) is 11.4 Å². The number of aromatic nitrogens is 4. The number of nitrogens with zero attached hydrogens (tertiary/aromatic N) is 2. The van der Waals surface area contributed by atoms with E-state index in [0.29, 0.717) is 12.0 Å². The molecule has 2 aromatic heterocycles. The first kappa shape index (κ1) is 29.2. The molecule has 6 rings (SSSR count). The number of rotatable bonds is 7. The molecule has 4 N–H and O–H groups in total. The molecule has 0 saturated carbocycles. The first-order chi connectivity index (χ1) is 20.9. The van der Waals surface area contributed by atoms with Gasteiger partial charge in [0.2, 0.25) is 0 Å². The molecule has 3 aromatic carbocycles. The summed E-state index contributed by atoms with van der Waals surface area (Å²) in [5.74, 6) is 1.53. The Balaban J connectivity index is 1.27. The van der Waals surface area contributed by atoms with Crippen molar-refractivity contribution in [3.05, 3.63) is 113 Å². The number of amides is 1. The molecule has 1 aliphatic carbocycles. The maximum atomic E-state index is 13.6. The number of carbonyl (C=O) groups is 1. The second-order valence-electron chi connectivity index (χ2n) is 12.9. The van der Waals surface area contributed by atoms with E-state index >= 15 is 0 Å². The van der Waals surface area contributed by atoms with Crippen LogP contribution in [0.3, 0.4) is 0 Å². The highest BCUT2D eigenvalue weighted by Gasteiger charge is 2.40. The van der Waals surface area contributed by atoms with E-state index in [9.17, 15) is 4.79 Å². The molecule has 7 heteroatoms. The topological polar surface area (TPSA) is 98.5 Å². The number of aryl methyl sites for hydroxylation is 2. The zero-order chi connectivity index (χ0) is 31.4. The molecular weight excluding hydrogens is 544 g/mol. The maximum Gasteiger partial charge on any atom is 0.251 e. The monoisotopic (exact) mass is 584 g/mol. The number of aromatic amines is 2. The molecule has 0 atom stereocenters. The van der Waals surface area contributed by atoms with Gasteiger partial charge in [-0.3, -0.25) is 4.79 Å². The van der Waals surface area contributed by atoms with Crippen molar-refractivity contribution in [2.45, 2.75) is 58.8 Å². The molecule has 224 valence electrons. The summed E-state index contributed by atoms with van der Waals surface area (Å²) in [6.45, 7) is 17.4. The molecule has 0 aliphatic heterocycles. The average Bonchev–Trinajstić information content (AvgIpc) is 3.58. The van der Waals surface area contributed by atoms with Crippen molar-refractivity contribution in [2.75, 3.05) is 17.7 Å². The van der Waals surface area contributed by atoms with E-state index in [-0.39, 0.29) is 16.7 Å². The fourth-order valence-electron chi connectivity index (χ4n) is 6.04. The quantitative estimate of drug-likeness (QED) is 0.155. The summed E-state index contributed by atoms with van der Waals surface area (Å²) in [7, 11) is 1.87. The lowest BCUT2D eigenvalue weighted by atomic mass is 9.61. The Bertz CT molecular complexity index is 2020. The largest absolute Gasteiger partial charge is 0.386 e. The zero-order valence-corrected chi connectivity index (χ0v) is 26.6. The van der Waals surface area contributed by atoms with E-state index in [1.807, 2.05) is 38.3 Å². The summed E-state index contributed by atoms with van der Waals surface area (Å²) in [4.78, 5) is 29.7. The molecule has 0 bridgehead atoms. The fraction of sp³-hybridized carbons (Fsp3) is 0.270. The predicted octanol–water partition coefficient (Wildman–Crippen LogP) is 8.26. The summed E-state index contributed by atoms with van der Waals surface area (Å²) in [5.41, 5.74) is 10.9. The Morgan fingerprint density at radius 1 is 0.818 bits per heavy atom. The minimum Gasteiger partial charge on any atom is -0.386 e. The minimum atomic E-state index is -0.275. The second kappa shape index (κ2) is 10.7. The van der Waals surface area contributed by atoms with Crippen molar-refractivity contribution in [1.82, 2.24) is 19.9 Å². The van der Waals surface area contributed by atoms with Gasteiger partial charge in [-0.05, 0) is 83.3 Å². The van der Waals surface area contributed by atoms with Gasteiger partial charge in [0.15, 0.2) is 0 Å². The van der Waals surface area contributed by atoms with Gasteiger partial charge in [-0.2, -0.15) is 0 Å². The molecule has 0 radical (unpaired) electrons. The Hall–Kier alpha value is -4.91. The maximum absolute atomic E-state index is 13.6. The van der Waals surface area contributed by atoms with Crippen LogP contribution in [0.25, 0.3) is 27.6 Å². The number of anilines is 2. The van der Waals surface area contributed by atoms with E-state index in [4.69, 9.17) is 4.98 Å². The summed E-state index contributed by atoms with van der Waals surface area (Å²) < 4.78 is 0. The number of hydrogen-bond acceptors (Lipinski definition) is 4. The normalized spacial score (nSPS) is 14.1. The van der Waals surface area contributed by atoms with Crippen molar-refractivity contribution in [1.29, 1.82) is 0 Å². The van der Waals surface area contributed by atoms with Crippen LogP contribution in [-0.4, -0.2) is 32.9 Å². The Labute approximate surface area is 258 Å². The highest BCUT2D eigenvalue weighted by molar-refractivity contribution is 6.07. The Morgan fingerprint density at radius 2 is 1.48 bits per heavy atom. The molecular formula is C37H40N6O. The van der Waals surface area contributed by atoms with Crippen LogP contribution in [0.1, 0.15) is 62.5 Å². The van der Waals surface area contributed by atoms with Gasteiger partial charge in [0.1, 0.15) is 11.6 Å². The number of fused-ring (bicyclic) bond motifs is 2. The van der Waals surface area contributed by atoms with Crippen molar-refractivity contribution in [3.63, 3.8) is 0 Å². The number of allylic oxidation sites excluding steroid dienone is 4. The Morgan fingerprint density at radius 3 is 2.20 bits per heavy atom. The smallest absolute Gasteiger partial charge is 0.251 e. The molecule has 1 aliphatic rings. The number of carbonyl (C=O) groups excluding carboxylic acids is 1. The number of H-pyrrole nitrogens is 2. The van der Waals surface area contributed by atoms with Crippen LogP contribution in [0.5, 0.6) is 0 Å². The summed E-state index contributed by atoms with van der Waals surface area (Å²) in [5, 5.41) is 6.43. The molecule has 0 fully saturated rings. The minimum absolute atomic E-state index is 0.146. The van der Waals surface area contributed by atoms with Gasteiger partial charge >= 0.3 is 0 Å². The lowest BCUT2D eigenvalue weighted by Gasteiger charge is -2.43. The van der Waals surface area contributed by atoms with E-state index in [2.05, 4.69) is 109 Å². The van der Waals surface area contributed by atoms with Crippen LogP contribution < -0.4 is 10.6 Å². The third-order valence-electron chi connectivity index (χ3n) is 9.56. The lowest BCUT2D eigenvalue weighted by Crippen LogP contribution is -2.40. The highest BCUT2D eigenvalue weighted by Crippen LogP contribution is 2.45. The fourth-order valence-corrected chi connectivity index (χ4v) is 6.04. The molecule has 5 aromatic rings. The predicted molar refractivity (Wildman–Crippen MR) is 182 cm³/mol. The number of imidazole rings is 2. The van der Waals surface area contributed by atoms with Crippen LogP contribution in [-0.2, 0) is 15.6 Å². The van der Waals surface area contributed by atoms with Gasteiger partial charge in [-0.1, -0.05) is 64.6 Å². The van der Waals surface area contributed by atoms with Crippen molar-refractivity contribution in [2.24, 2.45) is 0 Å². The molecule has 0 unspecified atom stereocenters. The summed E-state index contributed by atoms with van der Waals surface area (Å²) in [6, 6.07) is 18.9. The third-order valence-corrected chi connectivity index (χ3v) is 9.56. The SMILES string of the molecule is C=C1CC(C(=O)Nc2cc(C(C)(C)C(C)(C)c3ccc4nc(C)[nH]c4c3)ccc2NC)=CC=C1c1nc2ccc(C)cc2[nH]1. The van der Waals surface area contributed by atoms with Crippen molar-refractivity contribution in [3.8, 4) is 0 Å². The van der Waals surface area contributed by atoms with Crippen molar-refractivity contribution >= 4 is 44.9 Å².